The zero-order valence-electron chi connectivity index (χ0n) is 10.6. The lowest BCUT2D eigenvalue weighted by Gasteiger charge is -2.34. The zero-order valence-corrected chi connectivity index (χ0v) is 10.6. The molecule has 0 aliphatic carbocycles. The van der Waals surface area contributed by atoms with Crippen LogP contribution in [0.25, 0.3) is 0 Å². The lowest BCUT2D eigenvalue weighted by atomic mass is 10.2. The summed E-state index contributed by atoms with van der Waals surface area (Å²) < 4.78 is 5.32. The quantitative estimate of drug-likeness (QED) is 0.827. The number of hydrogen-bond donors (Lipinski definition) is 2. The first-order valence-electron chi connectivity index (χ1n) is 6.13. The number of anilines is 1. The molecule has 1 unspecified atom stereocenters. The number of benzene rings is 1. The summed E-state index contributed by atoms with van der Waals surface area (Å²) in [6, 6.07) is 7.57. The van der Waals surface area contributed by atoms with Crippen LogP contribution in [0.15, 0.2) is 24.3 Å². The number of ether oxygens (including phenoxy) is 1. The van der Waals surface area contributed by atoms with Crippen LogP contribution in [0, 0.1) is 6.92 Å². The van der Waals surface area contributed by atoms with Gasteiger partial charge in [0.05, 0.1) is 19.3 Å². The van der Waals surface area contributed by atoms with Crippen molar-refractivity contribution in [3.05, 3.63) is 29.8 Å². The fourth-order valence-corrected chi connectivity index (χ4v) is 1.95. The second-order valence-corrected chi connectivity index (χ2v) is 4.45. The lowest BCUT2D eigenvalue weighted by molar-refractivity contribution is 0.0188. The maximum Gasteiger partial charge on any atom is 0.322 e. The van der Waals surface area contributed by atoms with Gasteiger partial charge in [-0.2, -0.15) is 0 Å². The molecule has 18 heavy (non-hydrogen) atoms. The molecule has 3 N–H and O–H groups in total. The van der Waals surface area contributed by atoms with Crippen LogP contribution in [0.5, 0.6) is 0 Å². The number of carbonyl (C=O) groups excluding carboxylic acids is 1. The maximum absolute atomic E-state index is 12.1. The Hall–Kier alpha value is -1.59. The van der Waals surface area contributed by atoms with Gasteiger partial charge in [0.1, 0.15) is 0 Å². The van der Waals surface area contributed by atoms with Gasteiger partial charge in [-0.25, -0.2) is 4.79 Å². The Morgan fingerprint density at radius 2 is 2.22 bits per heavy atom. The second kappa shape index (κ2) is 5.84. The molecule has 2 amide bonds. The molecule has 1 aliphatic rings. The predicted molar refractivity (Wildman–Crippen MR) is 70.6 cm³/mol. The van der Waals surface area contributed by atoms with E-state index in [0.717, 1.165) is 5.69 Å². The fraction of sp³-hybridized carbons (Fsp3) is 0.462. The number of nitrogens with zero attached hydrogens (tertiary/aromatic N) is 1. The first-order chi connectivity index (χ1) is 8.70. The molecular weight excluding hydrogens is 230 g/mol. The van der Waals surface area contributed by atoms with Crippen molar-refractivity contribution >= 4 is 11.7 Å². The van der Waals surface area contributed by atoms with Gasteiger partial charge in [0.2, 0.25) is 0 Å². The van der Waals surface area contributed by atoms with E-state index in [4.69, 9.17) is 10.5 Å². The molecule has 1 atom stereocenters. The van der Waals surface area contributed by atoms with Crippen molar-refractivity contribution in [2.45, 2.75) is 13.0 Å². The van der Waals surface area contributed by atoms with Crippen LogP contribution in [0.1, 0.15) is 5.56 Å². The molecule has 0 saturated carbocycles. The number of rotatable bonds is 2. The average molecular weight is 249 g/mol. The van der Waals surface area contributed by atoms with Gasteiger partial charge in [-0.05, 0) is 19.1 Å². The number of urea groups is 1. The number of morpholine rings is 1. The fourth-order valence-electron chi connectivity index (χ4n) is 1.95. The molecule has 1 aliphatic heterocycles. The molecule has 0 bridgehead atoms. The number of carbonyl (C=O) groups is 1. The van der Waals surface area contributed by atoms with Gasteiger partial charge in [0.25, 0.3) is 0 Å². The molecule has 0 spiro atoms. The molecule has 2 rings (SSSR count). The van der Waals surface area contributed by atoms with E-state index in [1.807, 2.05) is 31.2 Å². The Balaban J connectivity index is 2.00. The predicted octanol–water partition coefficient (Wildman–Crippen LogP) is 1.19. The van der Waals surface area contributed by atoms with E-state index in [1.54, 1.807) is 4.90 Å². The van der Waals surface area contributed by atoms with Crippen molar-refractivity contribution in [1.29, 1.82) is 0 Å². The van der Waals surface area contributed by atoms with E-state index < -0.39 is 0 Å². The molecule has 5 heteroatoms. The van der Waals surface area contributed by atoms with E-state index in [-0.39, 0.29) is 12.1 Å². The number of hydrogen-bond acceptors (Lipinski definition) is 3. The Labute approximate surface area is 107 Å². The Kier molecular flexibility index (Phi) is 4.17. The van der Waals surface area contributed by atoms with Gasteiger partial charge >= 0.3 is 6.03 Å². The Morgan fingerprint density at radius 3 is 2.89 bits per heavy atom. The second-order valence-electron chi connectivity index (χ2n) is 4.45. The highest BCUT2D eigenvalue weighted by Crippen LogP contribution is 2.12. The molecule has 5 nitrogen and oxygen atoms in total. The zero-order chi connectivity index (χ0) is 13.0. The lowest BCUT2D eigenvalue weighted by Crippen LogP contribution is -2.53. The third-order valence-electron chi connectivity index (χ3n) is 3.06. The molecular formula is C13H19N3O2. The van der Waals surface area contributed by atoms with Crippen molar-refractivity contribution in [1.82, 2.24) is 4.90 Å². The normalized spacial score (nSPS) is 19.7. The van der Waals surface area contributed by atoms with Crippen molar-refractivity contribution in [3.8, 4) is 0 Å². The Bertz CT molecular complexity index is 405. The molecule has 98 valence electrons. The molecule has 1 heterocycles. The molecule has 0 aromatic heterocycles. The summed E-state index contributed by atoms with van der Waals surface area (Å²) in [5, 5.41) is 2.88. The van der Waals surface area contributed by atoms with E-state index >= 15 is 0 Å². The van der Waals surface area contributed by atoms with Crippen LogP contribution >= 0.6 is 0 Å². The summed E-state index contributed by atoms with van der Waals surface area (Å²) in [7, 11) is 0. The van der Waals surface area contributed by atoms with Crippen molar-refractivity contribution < 1.29 is 9.53 Å². The molecule has 1 saturated heterocycles. The van der Waals surface area contributed by atoms with Gasteiger partial charge in [0, 0.05) is 18.8 Å². The summed E-state index contributed by atoms with van der Waals surface area (Å²) in [5.74, 6) is 0. The standard InChI is InChI=1S/C13H19N3O2/c1-10-2-4-11(5-3-10)15-13(17)16-6-7-18-9-12(16)8-14/h2-5,12H,6-9,14H2,1H3,(H,15,17). The average Bonchev–Trinajstić information content (AvgIpc) is 2.41. The van der Waals surface area contributed by atoms with Crippen molar-refractivity contribution in [2.75, 3.05) is 31.6 Å². The third-order valence-corrected chi connectivity index (χ3v) is 3.06. The third kappa shape index (κ3) is 3.00. The topological polar surface area (TPSA) is 67.6 Å². The summed E-state index contributed by atoms with van der Waals surface area (Å²) in [6.45, 7) is 4.09. The minimum absolute atomic E-state index is 0.0378. The summed E-state index contributed by atoms with van der Waals surface area (Å²) in [6.07, 6.45) is 0. The van der Waals surface area contributed by atoms with Crippen LogP contribution in [-0.2, 0) is 4.74 Å². The number of amides is 2. The highest BCUT2D eigenvalue weighted by Gasteiger charge is 2.26. The molecule has 1 fully saturated rings. The number of nitrogens with one attached hydrogen (secondary N) is 1. The van der Waals surface area contributed by atoms with E-state index in [0.29, 0.717) is 26.3 Å². The van der Waals surface area contributed by atoms with Crippen LogP contribution in [-0.4, -0.2) is 43.3 Å². The smallest absolute Gasteiger partial charge is 0.322 e. The number of aryl methyl sites for hydroxylation is 1. The minimum Gasteiger partial charge on any atom is -0.377 e. The van der Waals surface area contributed by atoms with Gasteiger partial charge in [0.15, 0.2) is 0 Å². The van der Waals surface area contributed by atoms with Gasteiger partial charge in [-0.3, -0.25) is 0 Å². The maximum atomic E-state index is 12.1. The monoisotopic (exact) mass is 249 g/mol. The van der Waals surface area contributed by atoms with Gasteiger partial charge in [-0.1, -0.05) is 17.7 Å². The summed E-state index contributed by atoms with van der Waals surface area (Å²) in [5.41, 5.74) is 7.61. The molecule has 1 aromatic rings. The highest BCUT2D eigenvalue weighted by atomic mass is 16.5. The summed E-state index contributed by atoms with van der Waals surface area (Å²) in [4.78, 5) is 13.9. The van der Waals surface area contributed by atoms with E-state index in [2.05, 4.69) is 5.32 Å². The van der Waals surface area contributed by atoms with E-state index in [1.165, 1.54) is 5.56 Å². The first kappa shape index (κ1) is 12.9. The van der Waals surface area contributed by atoms with Gasteiger partial charge < -0.3 is 20.7 Å². The SMILES string of the molecule is Cc1ccc(NC(=O)N2CCOCC2CN)cc1. The van der Waals surface area contributed by atoms with Crippen molar-refractivity contribution in [3.63, 3.8) is 0 Å². The number of nitrogens with two attached hydrogens (primary N) is 1. The van der Waals surface area contributed by atoms with Crippen LogP contribution in [0.4, 0.5) is 10.5 Å². The minimum atomic E-state index is -0.113. The largest absolute Gasteiger partial charge is 0.377 e. The van der Waals surface area contributed by atoms with Crippen LogP contribution in [0.2, 0.25) is 0 Å². The molecule has 0 radical (unpaired) electrons. The van der Waals surface area contributed by atoms with E-state index in [9.17, 15) is 4.79 Å². The van der Waals surface area contributed by atoms with Crippen LogP contribution in [0.3, 0.4) is 0 Å². The first-order valence-corrected chi connectivity index (χ1v) is 6.13. The van der Waals surface area contributed by atoms with Gasteiger partial charge in [-0.15, -0.1) is 0 Å². The molecule has 1 aromatic carbocycles. The summed E-state index contributed by atoms with van der Waals surface area (Å²) >= 11 is 0. The Morgan fingerprint density at radius 1 is 1.50 bits per heavy atom. The van der Waals surface area contributed by atoms with Crippen molar-refractivity contribution in [2.24, 2.45) is 5.73 Å². The van der Waals surface area contributed by atoms with Crippen LogP contribution < -0.4 is 11.1 Å². The highest BCUT2D eigenvalue weighted by molar-refractivity contribution is 5.89.